The second kappa shape index (κ2) is 8.35. The standard InChI is InChI=1S/C20H28N4OS/c25-20(12-17-6-11-26-16-17)23-13-18(5-10-22-8-2-1-3-9-22)14-24-19(15-23)4-7-21-24/h4,6-7,11,16,18H,1-3,5,8-10,12-15H2. The van der Waals surface area contributed by atoms with Crippen molar-refractivity contribution in [3.05, 3.63) is 40.3 Å². The van der Waals surface area contributed by atoms with Crippen LogP contribution < -0.4 is 0 Å². The molecule has 2 aromatic rings. The van der Waals surface area contributed by atoms with Crippen LogP contribution in [0.5, 0.6) is 0 Å². The van der Waals surface area contributed by atoms with E-state index >= 15 is 0 Å². The molecule has 1 saturated heterocycles. The quantitative estimate of drug-likeness (QED) is 0.810. The second-order valence-electron chi connectivity index (χ2n) is 7.64. The van der Waals surface area contributed by atoms with Crippen molar-refractivity contribution in [2.45, 2.75) is 45.2 Å². The molecular weight excluding hydrogens is 344 g/mol. The van der Waals surface area contributed by atoms with Crippen molar-refractivity contribution in [2.24, 2.45) is 5.92 Å². The van der Waals surface area contributed by atoms with Gasteiger partial charge in [0.05, 0.1) is 18.7 Å². The van der Waals surface area contributed by atoms with Gasteiger partial charge in [0.1, 0.15) is 0 Å². The number of carbonyl (C=O) groups is 1. The first-order chi connectivity index (χ1) is 12.8. The van der Waals surface area contributed by atoms with E-state index in [0.717, 1.165) is 37.3 Å². The van der Waals surface area contributed by atoms with Gasteiger partial charge in [0.25, 0.3) is 0 Å². The predicted octanol–water partition coefficient (Wildman–Crippen LogP) is 3.02. The average Bonchev–Trinajstić information content (AvgIpc) is 3.29. The Labute approximate surface area is 159 Å². The van der Waals surface area contributed by atoms with Crippen LogP contribution in [-0.2, 0) is 24.3 Å². The average molecular weight is 373 g/mol. The third-order valence-corrected chi connectivity index (χ3v) is 6.39. The lowest BCUT2D eigenvalue weighted by Gasteiger charge is -2.29. The Kier molecular flexibility index (Phi) is 5.70. The number of hydrogen-bond donors (Lipinski definition) is 0. The van der Waals surface area contributed by atoms with E-state index in [1.54, 1.807) is 11.3 Å². The van der Waals surface area contributed by atoms with E-state index in [2.05, 4.69) is 37.1 Å². The van der Waals surface area contributed by atoms with Crippen molar-refractivity contribution < 1.29 is 4.79 Å². The Morgan fingerprint density at radius 3 is 2.88 bits per heavy atom. The molecule has 6 heteroatoms. The molecule has 0 saturated carbocycles. The minimum atomic E-state index is 0.237. The molecule has 0 bridgehead atoms. The van der Waals surface area contributed by atoms with E-state index in [9.17, 15) is 4.79 Å². The fourth-order valence-electron chi connectivity index (χ4n) is 4.13. The maximum absolute atomic E-state index is 12.9. The van der Waals surface area contributed by atoms with E-state index < -0.39 is 0 Å². The zero-order valence-electron chi connectivity index (χ0n) is 15.3. The molecule has 4 heterocycles. The summed E-state index contributed by atoms with van der Waals surface area (Å²) in [6, 6.07) is 4.11. The molecule has 1 atom stereocenters. The van der Waals surface area contributed by atoms with Crippen LogP contribution in [0.4, 0.5) is 0 Å². The molecule has 140 valence electrons. The van der Waals surface area contributed by atoms with Crippen molar-refractivity contribution in [3.63, 3.8) is 0 Å². The van der Waals surface area contributed by atoms with Gasteiger partial charge in [-0.05, 0) is 73.3 Å². The summed E-state index contributed by atoms with van der Waals surface area (Å²) in [7, 11) is 0. The molecule has 2 aromatic heterocycles. The highest BCUT2D eigenvalue weighted by molar-refractivity contribution is 7.08. The van der Waals surface area contributed by atoms with E-state index in [0.29, 0.717) is 18.9 Å². The molecule has 0 radical (unpaired) electrons. The van der Waals surface area contributed by atoms with Crippen LogP contribution in [-0.4, -0.2) is 51.7 Å². The van der Waals surface area contributed by atoms with Crippen LogP contribution in [0.1, 0.15) is 36.9 Å². The van der Waals surface area contributed by atoms with Crippen LogP contribution in [0.25, 0.3) is 0 Å². The van der Waals surface area contributed by atoms with Gasteiger partial charge in [0.15, 0.2) is 0 Å². The van der Waals surface area contributed by atoms with Gasteiger partial charge in [-0.1, -0.05) is 6.42 Å². The van der Waals surface area contributed by atoms with Crippen molar-refractivity contribution in [2.75, 3.05) is 26.2 Å². The molecule has 0 aromatic carbocycles. The topological polar surface area (TPSA) is 41.4 Å². The number of nitrogens with zero attached hydrogens (tertiary/aromatic N) is 4. The number of thiophene rings is 1. The Morgan fingerprint density at radius 2 is 2.08 bits per heavy atom. The van der Waals surface area contributed by atoms with Crippen LogP contribution in [0.3, 0.4) is 0 Å². The Balaban J connectivity index is 1.41. The third-order valence-electron chi connectivity index (χ3n) is 5.66. The lowest BCUT2D eigenvalue weighted by atomic mass is 10.0. The van der Waals surface area contributed by atoms with Gasteiger partial charge in [-0.3, -0.25) is 9.48 Å². The Bertz CT molecular complexity index is 705. The maximum Gasteiger partial charge on any atom is 0.227 e. The molecule has 0 aliphatic carbocycles. The highest BCUT2D eigenvalue weighted by Crippen LogP contribution is 2.21. The monoisotopic (exact) mass is 372 g/mol. The highest BCUT2D eigenvalue weighted by atomic mass is 32.1. The summed E-state index contributed by atoms with van der Waals surface area (Å²) in [6.07, 6.45) is 7.56. The number of piperidine rings is 1. The number of fused-ring (bicyclic) bond motifs is 1. The Hall–Kier alpha value is -1.66. The van der Waals surface area contributed by atoms with Crippen molar-refractivity contribution in [1.82, 2.24) is 19.6 Å². The number of hydrogen-bond acceptors (Lipinski definition) is 4. The molecule has 0 N–H and O–H groups in total. The summed E-state index contributed by atoms with van der Waals surface area (Å²) in [5.41, 5.74) is 2.28. The van der Waals surface area contributed by atoms with Gasteiger partial charge in [0, 0.05) is 19.3 Å². The van der Waals surface area contributed by atoms with E-state index in [4.69, 9.17) is 0 Å². The van der Waals surface area contributed by atoms with Gasteiger partial charge in [-0.2, -0.15) is 16.4 Å². The SMILES string of the molecule is O=C(Cc1ccsc1)N1Cc2ccnn2CC(CCN2CCCCC2)C1. The second-order valence-corrected chi connectivity index (χ2v) is 8.42. The van der Waals surface area contributed by atoms with Gasteiger partial charge >= 0.3 is 0 Å². The van der Waals surface area contributed by atoms with Crippen LogP contribution in [0.15, 0.2) is 29.1 Å². The summed E-state index contributed by atoms with van der Waals surface area (Å²) < 4.78 is 2.11. The summed E-state index contributed by atoms with van der Waals surface area (Å²) in [5.74, 6) is 0.713. The van der Waals surface area contributed by atoms with Gasteiger partial charge in [-0.15, -0.1) is 0 Å². The summed E-state index contributed by atoms with van der Waals surface area (Å²) in [5, 5.41) is 8.62. The van der Waals surface area contributed by atoms with E-state index in [1.165, 1.54) is 32.4 Å². The fraction of sp³-hybridized carbons (Fsp3) is 0.600. The van der Waals surface area contributed by atoms with Crippen LogP contribution in [0.2, 0.25) is 0 Å². The molecule has 0 spiro atoms. The van der Waals surface area contributed by atoms with Crippen molar-refractivity contribution in [3.8, 4) is 0 Å². The van der Waals surface area contributed by atoms with Crippen LogP contribution >= 0.6 is 11.3 Å². The number of likely N-dealkylation sites (tertiary alicyclic amines) is 1. The number of aromatic nitrogens is 2. The predicted molar refractivity (Wildman–Crippen MR) is 104 cm³/mol. The normalized spacial score (nSPS) is 21.4. The molecule has 4 rings (SSSR count). The maximum atomic E-state index is 12.9. The van der Waals surface area contributed by atoms with Gasteiger partial charge < -0.3 is 9.80 Å². The first-order valence-corrected chi connectivity index (χ1v) is 10.7. The smallest absolute Gasteiger partial charge is 0.227 e. The zero-order chi connectivity index (χ0) is 17.8. The lowest BCUT2D eigenvalue weighted by Crippen LogP contribution is -2.37. The van der Waals surface area contributed by atoms with Crippen LogP contribution in [0, 0.1) is 5.92 Å². The van der Waals surface area contributed by atoms with E-state index in [1.807, 2.05) is 11.6 Å². The first kappa shape index (κ1) is 17.7. The first-order valence-electron chi connectivity index (χ1n) is 9.80. The summed E-state index contributed by atoms with van der Waals surface area (Å²) in [4.78, 5) is 17.5. The van der Waals surface area contributed by atoms with Crippen molar-refractivity contribution in [1.29, 1.82) is 0 Å². The molecule has 26 heavy (non-hydrogen) atoms. The summed E-state index contributed by atoms with van der Waals surface area (Å²) >= 11 is 1.66. The lowest BCUT2D eigenvalue weighted by molar-refractivity contribution is -0.131. The number of carbonyl (C=O) groups excluding carboxylic acids is 1. The van der Waals surface area contributed by atoms with E-state index in [-0.39, 0.29) is 5.91 Å². The fourth-order valence-corrected chi connectivity index (χ4v) is 4.80. The molecule has 2 aliphatic rings. The minimum Gasteiger partial charge on any atom is -0.336 e. The number of amides is 1. The van der Waals surface area contributed by atoms with Crippen molar-refractivity contribution >= 4 is 17.2 Å². The molecule has 2 aliphatic heterocycles. The molecular formula is C20H28N4OS. The summed E-state index contributed by atoms with van der Waals surface area (Å²) in [6.45, 7) is 6.08. The van der Waals surface area contributed by atoms with Gasteiger partial charge in [-0.25, -0.2) is 0 Å². The highest BCUT2D eigenvalue weighted by Gasteiger charge is 2.26. The zero-order valence-corrected chi connectivity index (χ0v) is 16.2. The largest absolute Gasteiger partial charge is 0.336 e. The minimum absolute atomic E-state index is 0.237. The molecule has 1 amide bonds. The molecule has 5 nitrogen and oxygen atoms in total. The molecule has 1 unspecified atom stereocenters. The number of rotatable bonds is 5. The molecule has 1 fully saturated rings. The Morgan fingerprint density at radius 1 is 1.19 bits per heavy atom. The third kappa shape index (κ3) is 4.35. The van der Waals surface area contributed by atoms with Gasteiger partial charge in [0.2, 0.25) is 5.91 Å².